The molecule has 0 amide bonds. The SMILES string of the molecule is CC(C)COC(=O)CCCC(=O)Oc1c(F)cccc1Cl. The van der Waals surface area contributed by atoms with E-state index in [0.717, 1.165) is 6.07 Å². The number of rotatable bonds is 7. The number of para-hydroxylation sites is 1. The standard InChI is InChI=1S/C15H18ClFO4/c1-10(2)9-20-13(18)7-4-8-14(19)21-15-11(16)5-3-6-12(15)17/h3,5-6,10H,4,7-9H2,1-2H3. The van der Waals surface area contributed by atoms with Crippen molar-refractivity contribution >= 4 is 23.5 Å². The van der Waals surface area contributed by atoms with E-state index >= 15 is 0 Å². The number of carbonyl (C=O) groups is 2. The van der Waals surface area contributed by atoms with E-state index in [1.807, 2.05) is 13.8 Å². The highest BCUT2D eigenvalue weighted by molar-refractivity contribution is 6.32. The molecular weight excluding hydrogens is 299 g/mol. The van der Waals surface area contributed by atoms with Crippen molar-refractivity contribution < 1.29 is 23.5 Å². The summed E-state index contributed by atoms with van der Waals surface area (Å²) in [5, 5.41) is 0.0275. The van der Waals surface area contributed by atoms with Crippen LogP contribution in [0.3, 0.4) is 0 Å². The lowest BCUT2D eigenvalue weighted by Crippen LogP contribution is -2.12. The summed E-state index contributed by atoms with van der Waals surface area (Å²) in [7, 11) is 0. The van der Waals surface area contributed by atoms with Crippen molar-refractivity contribution in [1.82, 2.24) is 0 Å². The molecule has 0 N–H and O–H groups in total. The predicted octanol–water partition coefficient (Wildman–Crippen LogP) is 3.75. The van der Waals surface area contributed by atoms with Crippen LogP contribution in [0.4, 0.5) is 4.39 Å². The van der Waals surface area contributed by atoms with Gasteiger partial charge in [0.25, 0.3) is 0 Å². The Morgan fingerprint density at radius 2 is 1.90 bits per heavy atom. The Morgan fingerprint density at radius 1 is 1.24 bits per heavy atom. The highest BCUT2D eigenvalue weighted by Gasteiger charge is 2.14. The Balaban J connectivity index is 2.33. The maximum absolute atomic E-state index is 13.4. The molecule has 0 unspecified atom stereocenters. The van der Waals surface area contributed by atoms with E-state index in [2.05, 4.69) is 0 Å². The average molecular weight is 317 g/mol. The molecule has 0 aromatic heterocycles. The smallest absolute Gasteiger partial charge is 0.311 e. The molecule has 0 atom stereocenters. The first-order chi connectivity index (χ1) is 9.90. The van der Waals surface area contributed by atoms with Gasteiger partial charge >= 0.3 is 11.9 Å². The second kappa shape index (κ2) is 8.62. The number of esters is 2. The molecule has 0 saturated carbocycles. The van der Waals surface area contributed by atoms with Gasteiger partial charge in [0, 0.05) is 12.8 Å². The number of carbonyl (C=O) groups excluding carboxylic acids is 2. The second-order valence-electron chi connectivity index (χ2n) is 4.96. The van der Waals surface area contributed by atoms with Crippen LogP contribution in [0.5, 0.6) is 5.75 Å². The second-order valence-corrected chi connectivity index (χ2v) is 5.36. The van der Waals surface area contributed by atoms with E-state index in [1.165, 1.54) is 12.1 Å². The van der Waals surface area contributed by atoms with Gasteiger partial charge < -0.3 is 9.47 Å². The third kappa shape index (κ3) is 6.58. The molecule has 4 nitrogen and oxygen atoms in total. The zero-order chi connectivity index (χ0) is 15.8. The quantitative estimate of drug-likeness (QED) is 0.568. The fourth-order valence-corrected chi connectivity index (χ4v) is 1.66. The normalized spacial score (nSPS) is 10.5. The molecule has 6 heteroatoms. The first kappa shape index (κ1) is 17.4. The van der Waals surface area contributed by atoms with Crippen LogP contribution in [0.15, 0.2) is 18.2 Å². The highest BCUT2D eigenvalue weighted by Crippen LogP contribution is 2.27. The maximum Gasteiger partial charge on any atom is 0.311 e. The maximum atomic E-state index is 13.4. The van der Waals surface area contributed by atoms with Crippen LogP contribution in [0.2, 0.25) is 5.02 Å². The summed E-state index contributed by atoms with van der Waals surface area (Å²) in [5.74, 6) is -1.72. The van der Waals surface area contributed by atoms with E-state index < -0.39 is 11.8 Å². The third-order valence-electron chi connectivity index (χ3n) is 2.47. The Morgan fingerprint density at radius 3 is 2.52 bits per heavy atom. The molecule has 0 spiro atoms. The molecule has 1 aromatic carbocycles. The van der Waals surface area contributed by atoms with Crippen molar-refractivity contribution in [3.63, 3.8) is 0 Å². The van der Waals surface area contributed by atoms with Crippen LogP contribution in [-0.4, -0.2) is 18.5 Å². The van der Waals surface area contributed by atoms with Crippen LogP contribution in [0.1, 0.15) is 33.1 Å². The van der Waals surface area contributed by atoms with Gasteiger partial charge in [-0.25, -0.2) is 4.39 Å². The van der Waals surface area contributed by atoms with Gasteiger partial charge in [0.1, 0.15) is 0 Å². The minimum absolute atomic E-state index is 0.0125. The van der Waals surface area contributed by atoms with Gasteiger partial charge in [-0.3, -0.25) is 9.59 Å². The number of hydrogen-bond donors (Lipinski definition) is 0. The minimum atomic E-state index is -0.702. The Labute approximate surface area is 128 Å². The van der Waals surface area contributed by atoms with Crippen LogP contribution in [0.25, 0.3) is 0 Å². The summed E-state index contributed by atoms with van der Waals surface area (Å²) in [5.41, 5.74) is 0. The summed E-state index contributed by atoms with van der Waals surface area (Å²) >= 11 is 5.74. The van der Waals surface area contributed by atoms with Crippen LogP contribution in [-0.2, 0) is 14.3 Å². The molecule has 0 bridgehead atoms. The number of halogens is 2. The molecule has 0 heterocycles. The summed E-state index contributed by atoms with van der Waals surface area (Å²) < 4.78 is 23.2. The average Bonchev–Trinajstić information content (AvgIpc) is 2.41. The van der Waals surface area contributed by atoms with Crippen molar-refractivity contribution in [1.29, 1.82) is 0 Å². The van der Waals surface area contributed by atoms with E-state index in [-0.39, 0.29) is 41.9 Å². The fourth-order valence-electron chi connectivity index (χ4n) is 1.45. The zero-order valence-corrected chi connectivity index (χ0v) is 12.8. The minimum Gasteiger partial charge on any atom is -0.465 e. The molecule has 116 valence electrons. The fraction of sp³-hybridized carbons (Fsp3) is 0.467. The molecular formula is C15H18ClFO4. The first-order valence-electron chi connectivity index (χ1n) is 6.70. The topological polar surface area (TPSA) is 52.6 Å². The van der Waals surface area contributed by atoms with Crippen molar-refractivity contribution in [3.05, 3.63) is 29.0 Å². The van der Waals surface area contributed by atoms with E-state index in [1.54, 1.807) is 0 Å². The van der Waals surface area contributed by atoms with E-state index in [9.17, 15) is 14.0 Å². The van der Waals surface area contributed by atoms with Crippen molar-refractivity contribution in [2.45, 2.75) is 33.1 Å². The van der Waals surface area contributed by atoms with Gasteiger partial charge in [-0.05, 0) is 24.5 Å². The Kier molecular flexibility index (Phi) is 7.15. The highest BCUT2D eigenvalue weighted by atomic mass is 35.5. The lowest BCUT2D eigenvalue weighted by atomic mass is 10.2. The lowest BCUT2D eigenvalue weighted by molar-refractivity contribution is -0.145. The molecule has 0 radical (unpaired) electrons. The molecule has 0 saturated heterocycles. The van der Waals surface area contributed by atoms with Gasteiger partial charge in [0.15, 0.2) is 11.6 Å². The van der Waals surface area contributed by atoms with Gasteiger partial charge in [0.2, 0.25) is 0 Å². The van der Waals surface area contributed by atoms with Gasteiger partial charge in [-0.15, -0.1) is 0 Å². The molecule has 0 fully saturated rings. The molecule has 0 aliphatic rings. The summed E-state index contributed by atoms with van der Waals surface area (Å²) in [4.78, 5) is 22.9. The van der Waals surface area contributed by atoms with Crippen LogP contribution in [0, 0.1) is 11.7 Å². The molecule has 1 rings (SSSR count). The molecule has 0 aliphatic heterocycles. The summed E-state index contributed by atoms with van der Waals surface area (Å²) in [6.07, 6.45) is 0.385. The largest absolute Gasteiger partial charge is 0.465 e. The van der Waals surface area contributed by atoms with Crippen molar-refractivity contribution in [2.75, 3.05) is 6.61 Å². The van der Waals surface area contributed by atoms with E-state index in [0.29, 0.717) is 6.61 Å². The summed E-state index contributed by atoms with van der Waals surface area (Å²) in [6, 6.07) is 3.99. The van der Waals surface area contributed by atoms with Gasteiger partial charge in [-0.2, -0.15) is 0 Å². The van der Waals surface area contributed by atoms with Crippen LogP contribution < -0.4 is 4.74 Å². The molecule has 21 heavy (non-hydrogen) atoms. The number of benzene rings is 1. The Hall–Kier alpha value is -1.62. The van der Waals surface area contributed by atoms with Gasteiger partial charge in [0.05, 0.1) is 11.6 Å². The Bertz CT molecular complexity index is 482. The number of hydrogen-bond acceptors (Lipinski definition) is 4. The zero-order valence-electron chi connectivity index (χ0n) is 12.0. The third-order valence-corrected chi connectivity index (χ3v) is 2.77. The number of ether oxygens (including phenoxy) is 2. The predicted molar refractivity (Wildman–Crippen MR) is 76.7 cm³/mol. The monoisotopic (exact) mass is 316 g/mol. The van der Waals surface area contributed by atoms with Crippen LogP contribution >= 0.6 is 11.6 Å². The molecule has 0 aliphatic carbocycles. The van der Waals surface area contributed by atoms with Crippen molar-refractivity contribution in [2.24, 2.45) is 5.92 Å². The molecule has 1 aromatic rings. The van der Waals surface area contributed by atoms with Crippen molar-refractivity contribution in [3.8, 4) is 5.75 Å². The lowest BCUT2D eigenvalue weighted by Gasteiger charge is -2.08. The van der Waals surface area contributed by atoms with Gasteiger partial charge in [-0.1, -0.05) is 31.5 Å². The van der Waals surface area contributed by atoms with E-state index in [4.69, 9.17) is 21.1 Å². The first-order valence-corrected chi connectivity index (χ1v) is 7.08. The summed E-state index contributed by atoms with van der Waals surface area (Å²) in [6.45, 7) is 4.22.